The lowest BCUT2D eigenvalue weighted by Crippen LogP contribution is -2.27. The van der Waals surface area contributed by atoms with Crippen molar-refractivity contribution in [1.29, 1.82) is 0 Å². The minimum absolute atomic E-state index is 0.0351. The van der Waals surface area contributed by atoms with E-state index in [-0.39, 0.29) is 11.8 Å². The highest BCUT2D eigenvalue weighted by atomic mass is 16.2. The molecule has 0 saturated heterocycles. The molecule has 2 rings (SSSR count). The molecule has 0 saturated carbocycles. The molecule has 0 atom stereocenters. The van der Waals surface area contributed by atoms with Crippen molar-refractivity contribution >= 4 is 17.5 Å². The van der Waals surface area contributed by atoms with E-state index in [4.69, 9.17) is 0 Å². The molecule has 0 fully saturated rings. The van der Waals surface area contributed by atoms with E-state index in [0.717, 1.165) is 31.2 Å². The van der Waals surface area contributed by atoms with Gasteiger partial charge >= 0.3 is 0 Å². The van der Waals surface area contributed by atoms with E-state index in [9.17, 15) is 9.59 Å². The third kappa shape index (κ3) is 6.03. The topological polar surface area (TPSA) is 49.4 Å². The van der Waals surface area contributed by atoms with Crippen molar-refractivity contribution in [3.63, 3.8) is 0 Å². The summed E-state index contributed by atoms with van der Waals surface area (Å²) in [5, 5.41) is 2.90. The van der Waals surface area contributed by atoms with Crippen LogP contribution >= 0.6 is 0 Å². The number of hydrogen-bond donors (Lipinski definition) is 1. The maximum Gasteiger partial charge on any atom is 0.256 e. The van der Waals surface area contributed by atoms with Crippen LogP contribution in [0.3, 0.4) is 0 Å². The van der Waals surface area contributed by atoms with Crippen LogP contribution in [0.25, 0.3) is 0 Å². The Morgan fingerprint density at radius 3 is 2.35 bits per heavy atom. The average Bonchev–Trinajstić information content (AvgIpc) is 2.66. The van der Waals surface area contributed by atoms with Crippen molar-refractivity contribution < 1.29 is 9.59 Å². The molecular weight excluding hydrogens is 324 g/mol. The highest BCUT2D eigenvalue weighted by molar-refractivity contribution is 6.03. The lowest BCUT2D eigenvalue weighted by atomic mass is 10.1. The van der Waals surface area contributed by atoms with Gasteiger partial charge in [0.2, 0.25) is 5.91 Å². The molecule has 4 nitrogen and oxygen atoms in total. The number of unbranched alkanes of at least 4 members (excludes halogenated alkanes) is 3. The number of hydrogen-bond acceptors (Lipinski definition) is 2. The first-order valence-corrected chi connectivity index (χ1v) is 9.30. The quantitative estimate of drug-likeness (QED) is 0.655. The zero-order valence-electron chi connectivity index (χ0n) is 15.7. The fourth-order valence-corrected chi connectivity index (χ4v) is 2.84. The summed E-state index contributed by atoms with van der Waals surface area (Å²) in [6.07, 6.45) is 4.72. The van der Waals surface area contributed by atoms with E-state index in [0.29, 0.717) is 24.2 Å². The second-order valence-electron chi connectivity index (χ2n) is 6.55. The summed E-state index contributed by atoms with van der Waals surface area (Å²) in [7, 11) is 1.78. The van der Waals surface area contributed by atoms with Gasteiger partial charge in [-0.15, -0.1) is 0 Å². The maximum absolute atomic E-state index is 12.8. The van der Waals surface area contributed by atoms with E-state index >= 15 is 0 Å². The fraction of sp³-hybridized carbons (Fsp3) is 0.364. The Balaban J connectivity index is 2.00. The summed E-state index contributed by atoms with van der Waals surface area (Å²) in [5.74, 6) is -0.136. The van der Waals surface area contributed by atoms with Crippen molar-refractivity contribution in [3.8, 4) is 0 Å². The first-order chi connectivity index (χ1) is 12.6. The predicted molar refractivity (Wildman–Crippen MR) is 106 cm³/mol. The Morgan fingerprint density at radius 1 is 0.923 bits per heavy atom. The van der Waals surface area contributed by atoms with Gasteiger partial charge in [-0.25, -0.2) is 0 Å². The first-order valence-electron chi connectivity index (χ1n) is 9.30. The molecule has 0 heterocycles. The van der Waals surface area contributed by atoms with Gasteiger partial charge in [-0.1, -0.05) is 68.7 Å². The summed E-state index contributed by atoms with van der Waals surface area (Å²) in [6, 6.07) is 17.1. The number of carbonyl (C=O) groups excluding carboxylic acids is 2. The van der Waals surface area contributed by atoms with Gasteiger partial charge in [0.05, 0.1) is 11.3 Å². The molecule has 2 amide bonds. The summed E-state index contributed by atoms with van der Waals surface area (Å²) < 4.78 is 0. The van der Waals surface area contributed by atoms with Crippen molar-refractivity contribution in [3.05, 3.63) is 65.7 Å². The van der Waals surface area contributed by atoms with Gasteiger partial charge in [0.15, 0.2) is 0 Å². The zero-order valence-corrected chi connectivity index (χ0v) is 15.7. The highest BCUT2D eigenvalue weighted by Crippen LogP contribution is 2.18. The molecule has 0 bridgehead atoms. The van der Waals surface area contributed by atoms with Crippen molar-refractivity contribution in [1.82, 2.24) is 4.90 Å². The first kappa shape index (κ1) is 19.7. The van der Waals surface area contributed by atoms with Crippen LogP contribution in [0, 0.1) is 0 Å². The molecule has 1 N–H and O–H groups in total. The molecule has 26 heavy (non-hydrogen) atoms. The third-order valence-electron chi connectivity index (χ3n) is 4.30. The second-order valence-corrected chi connectivity index (χ2v) is 6.55. The van der Waals surface area contributed by atoms with Gasteiger partial charge in [0.25, 0.3) is 5.91 Å². The van der Waals surface area contributed by atoms with Crippen molar-refractivity contribution in [2.24, 2.45) is 0 Å². The van der Waals surface area contributed by atoms with Gasteiger partial charge < -0.3 is 10.2 Å². The van der Waals surface area contributed by atoms with Gasteiger partial charge in [0.1, 0.15) is 0 Å². The van der Waals surface area contributed by atoms with Crippen LogP contribution in [-0.4, -0.2) is 23.8 Å². The monoisotopic (exact) mass is 352 g/mol. The van der Waals surface area contributed by atoms with Crippen molar-refractivity contribution in [2.75, 3.05) is 12.4 Å². The fourth-order valence-electron chi connectivity index (χ4n) is 2.84. The maximum atomic E-state index is 12.8. The lowest BCUT2D eigenvalue weighted by molar-refractivity contribution is -0.116. The second kappa shape index (κ2) is 10.4. The van der Waals surface area contributed by atoms with Crippen LogP contribution in [0.5, 0.6) is 0 Å². The Labute approximate surface area is 156 Å². The van der Waals surface area contributed by atoms with Crippen LogP contribution in [0.2, 0.25) is 0 Å². The molecule has 0 radical (unpaired) electrons. The van der Waals surface area contributed by atoms with Gasteiger partial charge in [-0.3, -0.25) is 9.59 Å². The van der Waals surface area contributed by atoms with E-state index in [1.807, 2.05) is 42.5 Å². The van der Waals surface area contributed by atoms with Crippen molar-refractivity contribution in [2.45, 2.75) is 45.6 Å². The van der Waals surface area contributed by atoms with E-state index in [2.05, 4.69) is 12.2 Å². The molecule has 0 aliphatic heterocycles. The lowest BCUT2D eigenvalue weighted by Gasteiger charge is -2.19. The molecule has 0 aliphatic rings. The number of benzene rings is 2. The molecule has 0 aliphatic carbocycles. The van der Waals surface area contributed by atoms with Gasteiger partial charge in [-0.2, -0.15) is 0 Å². The number of anilines is 1. The molecule has 0 unspecified atom stereocenters. The molecular formula is C22H28N2O2. The van der Waals surface area contributed by atoms with Crippen LogP contribution in [0.1, 0.15) is 54.9 Å². The zero-order chi connectivity index (χ0) is 18.8. The summed E-state index contributed by atoms with van der Waals surface area (Å²) in [6.45, 7) is 2.67. The molecule has 0 aromatic heterocycles. The number of carbonyl (C=O) groups is 2. The molecule has 0 spiro atoms. The summed E-state index contributed by atoms with van der Waals surface area (Å²) in [5.41, 5.74) is 2.17. The van der Waals surface area contributed by atoms with Crippen LogP contribution in [0.4, 0.5) is 5.69 Å². The number of rotatable bonds is 9. The third-order valence-corrected chi connectivity index (χ3v) is 4.30. The number of nitrogens with one attached hydrogen (secondary N) is 1. The Bertz CT molecular complexity index is 713. The summed E-state index contributed by atoms with van der Waals surface area (Å²) in [4.78, 5) is 26.7. The van der Waals surface area contributed by atoms with E-state index in [1.165, 1.54) is 0 Å². The van der Waals surface area contributed by atoms with Crippen LogP contribution < -0.4 is 5.32 Å². The largest absolute Gasteiger partial charge is 0.337 e. The molecule has 2 aromatic rings. The summed E-state index contributed by atoms with van der Waals surface area (Å²) >= 11 is 0. The van der Waals surface area contributed by atoms with E-state index < -0.39 is 0 Å². The van der Waals surface area contributed by atoms with E-state index in [1.54, 1.807) is 24.1 Å². The van der Waals surface area contributed by atoms with Crippen LogP contribution in [-0.2, 0) is 11.3 Å². The average molecular weight is 352 g/mol. The number of para-hydroxylation sites is 1. The Morgan fingerprint density at radius 2 is 1.62 bits per heavy atom. The van der Waals surface area contributed by atoms with Crippen LogP contribution in [0.15, 0.2) is 54.6 Å². The molecule has 4 heteroatoms. The Kier molecular flexibility index (Phi) is 7.87. The molecule has 2 aromatic carbocycles. The highest BCUT2D eigenvalue weighted by Gasteiger charge is 2.17. The standard InChI is InChI=1S/C22H28N2O2/c1-3-4-5-9-16-21(25)23-20-15-11-10-14-19(20)22(26)24(2)17-18-12-7-6-8-13-18/h6-8,10-15H,3-5,9,16-17H2,1-2H3,(H,23,25). The predicted octanol–water partition coefficient (Wildman–Crippen LogP) is 4.87. The minimum Gasteiger partial charge on any atom is -0.337 e. The minimum atomic E-state index is -0.101. The number of amides is 2. The smallest absolute Gasteiger partial charge is 0.256 e. The normalized spacial score (nSPS) is 10.4. The Hall–Kier alpha value is -2.62. The number of nitrogens with zero attached hydrogens (tertiary/aromatic N) is 1. The van der Waals surface area contributed by atoms with Gasteiger partial charge in [-0.05, 0) is 24.1 Å². The molecule has 138 valence electrons. The van der Waals surface area contributed by atoms with Gasteiger partial charge in [0, 0.05) is 20.0 Å². The SMILES string of the molecule is CCCCCCC(=O)Nc1ccccc1C(=O)N(C)Cc1ccccc1.